The number of anilines is 1. The Kier molecular flexibility index (Phi) is 4.40. The molecular weight excluding hydrogens is 288 g/mol. The highest BCUT2D eigenvalue weighted by Gasteiger charge is 2.19. The number of rotatable bonds is 4. The number of sulfone groups is 1. The molecule has 0 saturated heterocycles. The van der Waals surface area contributed by atoms with Gasteiger partial charge in [-0.05, 0) is 42.8 Å². The Morgan fingerprint density at radius 2 is 1.71 bits per heavy atom. The largest absolute Gasteiger partial charge is 0.325 e. The lowest BCUT2D eigenvalue weighted by Crippen LogP contribution is -2.21. The molecule has 0 aromatic heterocycles. The van der Waals surface area contributed by atoms with Crippen LogP contribution in [0.3, 0.4) is 0 Å². The zero-order valence-electron chi connectivity index (χ0n) is 11.5. The van der Waals surface area contributed by atoms with Crippen LogP contribution in [0.1, 0.15) is 5.56 Å². The van der Waals surface area contributed by atoms with Gasteiger partial charge in [0, 0.05) is 5.69 Å². The van der Waals surface area contributed by atoms with Crippen LogP contribution in [0.15, 0.2) is 58.3 Å². The lowest BCUT2D eigenvalue weighted by molar-refractivity contribution is -0.114. The van der Waals surface area contributed by atoms with Crippen LogP contribution in [0.5, 0.6) is 0 Å². The molecule has 3 N–H and O–H groups in total. The zero-order chi connectivity index (χ0) is 15.5. The number of carbonyl (C=O) groups excluding carboxylic acids is 1. The second-order valence-electron chi connectivity index (χ2n) is 4.55. The number of nitrogens with two attached hydrogens (primary N) is 1. The van der Waals surface area contributed by atoms with Crippen LogP contribution in [-0.2, 0) is 14.6 Å². The predicted molar refractivity (Wildman–Crippen MR) is 80.8 cm³/mol. The fourth-order valence-corrected chi connectivity index (χ4v) is 3.41. The molecule has 0 unspecified atom stereocenters. The molecule has 0 fully saturated rings. The molecule has 1 amide bonds. The Morgan fingerprint density at radius 1 is 1.10 bits per heavy atom. The predicted octanol–water partition coefficient (Wildman–Crippen LogP) is 1.73. The van der Waals surface area contributed by atoms with Crippen LogP contribution in [0.25, 0.3) is 0 Å². The van der Waals surface area contributed by atoms with Crippen molar-refractivity contribution >= 4 is 21.4 Å². The molecule has 5 nitrogen and oxygen atoms in total. The van der Waals surface area contributed by atoms with Crippen LogP contribution in [-0.4, -0.2) is 20.9 Å². The third-order valence-electron chi connectivity index (χ3n) is 3.02. The number of benzene rings is 2. The monoisotopic (exact) mass is 304 g/mol. The molecule has 2 aromatic carbocycles. The minimum Gasteiger partial charge on any atom is -0.325 e. The first-order valence-corrected chi connectivity index (χ1v) is 7.84. The maximum absolute atomic E-state index is 12.5. The average Bonchev–Trinajstić information content (AvgIpc) is 2.48. The number of hydrogen-bond acceptors (Lipinski definition) is 4. The van der Waals surface area contributed by atoms with Crippen LogP contribution in [0.4, 0.5) is 5.69 Å². The topological polar surface area (TPSA) is 89.3 Å². The Hall–Kier alpha value is -2.18. The number of hydrogen-bond donors (Lipinski definition) is 2. The fourth-order valence-electron chi connectivity index (χ4n) is 1.91. The van der Waals surface area contributed by atoms with E-state index in [-0.39, 0.29) is 22.2 Å². The lowest BCUT2D eigenvalue weighted by Gasteiger charge is -2.09. The number of nitrogens with one attached hydrogen (secondary N) is 1. The van der Waals surface area contributed by atoms with Gasteiger partial charge in [-0.3, -0.25) is 4.79 Å². The molecule has 0 aliphatic rings. The van der Waals surface area contributed by atoms with Crippen LogP contribution >= 0.6 is 0 Å². The summed E-state index contributed by atoms with van der Waals surface area (Å²) in [6.45, 7) is 1.63. The quantitative estimate of drug-likeness (QED) is 0.900. The van der Waals surface area contributed by atoms with Crippen LogP contribution in [0.2, 0.25) is 0 Å². The summed E-state index contributed by atoms with van der Waals surface area (Å²) in [6, 6.07) is 12.8. The van der Waals surface area contributed by atoms with E-state index in [2.05, 4.69) is 5.32 Å². The summed E-state index contributed by atoms with van der Waals surface area (Å²) in [5.41, 5.74) is 6.40. The third kappa shape index (κ3) is 3.29. The van der Waals surface area contributed by atoms with Crippen molar-refractivity contribution in [1.29, 1.82) is 0 Å². The summed E-state index contributed by atoms with van der Waals surface area (Å²) in [5.74, 6) is -0.329. The molecule has 0 heterocycles. The van der Waals surface area contributed by atoms with E-state index in [0.29, 0.717) is 11.3 Å². The van der Waals surface area contributed by atoms with E-state index in [9.17, 15) is 13.2 Å². The first-order valence-electron chi connectivity index (χ1n) is 6.36. The van der Waals surface area contributed by atoms with Crippen LogP contribution < -0.4 is 11.1 Å². The van der Waals surface area contributed by atoms with Gasteiger partial charge < -0.3 is 11.1 Å². The van der Waals surface area contributed by atoms with Crippen molar-refractivity contribution in [2.75, 3.05) is 11.9 Å². The second kappa shape index (κ2) is 6.07. The third-order valence-corrected chi connectivity index (χ3v) is 4.95. The second-order valence-corrected chi connectivity index (χ2v) is 6.46. The maximum atomic E-state index is 12.5. The van der Waals surface area contributed by atoms with E-state index in [1.54, 1.807) is 43.3 Å². The van der Waals surface area contributed by atoms with Crippen molar-refractivity contribution in [1.82, 2.24) is 0 Å². The van der Waals surface area contributed by atoms with Gasteiger partial charge in [-0.1, -0.05) is 18.2 Å². The molecule has 0 spiro atoms. The van der Waals surface area contributed by atoms with E-state index in [1.807, 2.05) is 0 Å². The molecule has 2 rings (SSSR count). The van der Waals surface area contributed by atoms with Crippen LogP contribution in [0, 0.1) is 6.92 Å². The number of amides is 1. The van der Waals surface area contributed by atoms with Crippen molar-refractivity contribution in [2.45, 2.75) is 16.7 Å². The standard InChI is InChI=1S/C15H16N2O3S/c1-11-4-2-3-5-14(11)21(19,20)13-8-6-12(7-9-13)17-15(18)10-16/h2-9H,10,16H2,1H3,(H,17,18). The van der Waals surface area contributed by atoms with E-state index in [4.69, 9.17) is 5.73 Å². The molecule has 0 atom stereocenters. The van der Waals surface area contributed by atoms with Gasteiger partial charge >= 0.3 is 0 Å². The summed E-state index contributed by atoms with van der Waals surface area (Å²) in [4.78, 5) is 11.6. The van der Waals surface area contributed by atoms with E-state index in [1.165, 1.54) is 12.1 Å². The highest BCUT2D eigenvalue weighted by molar-refractivity contribution is 7.91. The zero-order valence-corrected chi connectivity index (χ0v) is 12.4. The van der Waals surface area contributed by atoms with Gasteiger partial charge in [-0.15, -0.1) is 0 Å². The van der Waals surface area contributed by atoms with Gasteiger partial charge in [0.25, 0.3) is 0 Å². The number of aryl methyl sites for hydroxylation is 1. The van der Waals surface area contributed by atoms with Crippen molar-refractivity contribution in [3.05, 3.63) is 54.1 Å². The average molecular weight is 304 g/mol. The molecule has 0 radical (unpaired) electrons. The fraction of sp³-hybridized carbons (Fsp3) is 0.133. The lowest BCUT2D eigenvalue weighted by atomic mass is 10.2. The first-order chi connectivity index (χ1) is 9.95. The molecule has 6 heteroatoms. The van der Waals surface area contributed by atoms with E-state index >= 15 is 0 Å². The Bertz CT molecular complexity index is 753. The molecule has 0 aliphatic carbocycles. The molecule has 110 valence electrons. The Balaban J connectivity index is 2.34. The minimum atomic E-state index is -3.56. The highest BCUT2D eigenvalue weighted by Crippen LogP contribution is 2.24. The summed E-state index contributed by atoms with van der Waals surface area (Å²) >= 11 is 0. The summed E-state index contributed by atoms with van der Waals surface area (Å²) in [7, 11) is -3.56. The molecule has 2 aromatic rings. The van der Waals surface area contributed by atoms with Gasteiger partial charge in [0.15, 0.2) is 0 Å². The van der Waals surface area contributed by atoms with Gasteiger partial charge in [0.1, 0.15) is 0 Å². The summed E-state index contributed by atoms with van der Waals surface area (Å²) in [5, 5.41) is 2.56. The van der Waals surface area contributed by atoms with E-state index < -0.39 is 9.84 Å². The van der Waals surface area contributed by atoms with Gasteiger partial charge in [0.2, 0.25) is 15.7 Å². The van der Waals surface area contributed by atoms with Gasteiger partial charge in [-0.25, -0.2) is 8.42 Å². The Labute approximate surface area is 123 Å². The van der Waals surface area contributed by atoms with Gasteiger partial charge in [0.05, 0.1) is 16.3 Å². The minimum absolute atomic E-state index is 0.122. The number of carbonyl (C=O) groups is 1. The van der Waals surface area contributed by atoms with Crippen molar-refractivity contribution in [2.24, 2.45) is 5.73 Å². The van der Waals surface area contributed by atoms with Crippen molar-refractivity contribution in [3.8, 4) is 0 Å². The van der Waals surface area contributed by atoms with Crippen molar-refractivity contribution in [3.63, 3.8) is 0 Å². The molecule has 0 saturated carbocycles. The summed E-state index contributed by atoms with van der Waals surface area (Å²) < 4.78 is 25.1. The molecule has 21 heavy (non-hydrogen) atoms. The molecule has 0 aliphatic heterocycles. The smallest absolute Gasteiger partial charge is 0.238 e. The first kappa shape index (κ1) is 15.2. The molecular formula is C15H16N2O3S. The van der Waals surface area contributed by atoms with Gasteiger partial charge in [-0.2, -0.15) is 0 Å². The normalized spacial score (nSPS) is 11.1. The highest BCUT2D eigenvalue weighted by atomic mass is 32.2. The molecule has 0 bridgehead atoms. The van der Waals surface area contributed by atoms with E-state index in [0.717, 1.165) is 0 Å². The Morgan fingerprint density at radius 3 is 2.29 bits per heavy atom. The SMILES string of the molecule is Cc1ccccc1S(=O)(=O)c1ccc(NC(=O)CN)cc1. The van der Waals surface area contributed by atoms with Crippen molar-refractivity contribution < 1.29 is 13.2 Å². The maximum Gasteiger partial charge on any atom is 0.238 e. The summed E-state index contributed by atoms with van der Waals surface area (Å²) in [6.07, 6.45) is 0.